The van der Waals surface area contributed by atoms with Crippen molar-refractivity contribution in [3.05, 3.63) is 22.4 Å². The molecule has 1 aliphatic heterocycles. The molecule has 1 saturated heterocycles. The predicted molar refractivity (Wildman–Crippen MR) is 77.2 cm³/mol. The van der Waals surface area contributed by atoms with Gasteiger partial charge in [0.2, 0.25) is 5.91 Å². The molecule has 2 unspecified atom stereocenters. The van der Waals surface area contributed by atoms with E-state index < -0.39 is 6.10 Å². The maximum absolute atomic E-state index is 11.7. The minimum atomic E-state index is -0.594. The lowest BCUT2D eigenvalue weighted by molar-refractivity contribution is -0.121. The molecule has 4 nitrogen and oxygen atoms in total. The minimum Gasteiger partial charge on any atom is -0.387 e. The van der Waals surface area contributed by atoms with E-state index in [0.29, 0.717) is 19.0 Å². The number of hydrogen-bond donors (Lipinski definition) is 3. The summed E-state index contributed by atoms with van der Waals surface area (Å²) in [6, 6.07) is 2.37. The summed E-state index contributed by atoms with van der Waals surface area (Å²) < 4.78 is 0. The lowest BCUT2D eigenvalue weighted by Crippen LogP contribution is -2.36. The highest BCUT2D eigenvalue weighted by Gasteiger charge is 2.15. The SMILES string of the molecule is O=C(CCC1CCCCN1)NCC(O)c1ccsc1. The van der Waals surface area contributed by atoms with Gasteiger partial charge in [0.05, 0.1) is 6.10 Å². The van der Waals surface area contributed by atoms with Gasteiger partial charge in [0.1, 0.15) is 0 Å². The Balaban J connectivity index is 1.61. The van der Waals surface area contributed by atoms with Crippen LogP contribution >= 0.6 is 11.3 Å². The molecular weight excluding hydrogens is 260 g/mol. The van der Waals surface area contributed by atoms with E-state index in [9.17, 15) is 9.90 Å². The van der Waals surface area contributed by atoms with Crippen LogP contribution in [0.15, 0.2) is 16.8 Å². The molecule has 2 atom stereocenters. The van der Waals surface area contributed by atoms with Gasteiger partial charge in [-0.05, 0) is 48.2 Å². The maximum atomic E-state index is 11.7. The van der Waals surface area contributed by atoms with Crippen LogP contribution in [0.4, 0.5) is 0 Å². The van der Waals surface area contributed by atoms with Crippen LogP contribution in [0.5, 0.6) is 0 Å². The summed E-state index contributed by atoms with van der Waals surface area (Å²) >= 11 is 1.55. The molecule has 5 heteroatoms. The topological polar surface area (TPSA) is 61.4 Å². The van der Waals surface area contributed by atoms with Crippen molar-refractivity contribution in [3.63, 3.8) is 0 Å². The molecule has 1 amide bonds. The highest BCUT2D eigenvalue weighted by Crippen LogP contribution is 2.15. The first-order chi connectivity index (χ1) is 9.25. The second-order valence-electron chi connectivity index (χ2n) is 5.06. The van der Waals surface area contributed by atoms with Crippen molar-refractivity contribution in [1.29, 1.82) is 0 Å². The number of hydrogen-bond acceptors (Lipinski definition) is 4. The summed E-state index contributed by atoms with van der Waals surface area (Å²) in [5.74, 6) is 0.0293. The molecule has 1 aliphatic rings. The zero-order valence-electron chi connectivity index (χ0n) is 11.1. The molecule has 0 radical (unpaired) electrons. The zero-order chi connectivity index (χ0) is 13.5. The molecule has 2 heterocycles. The van der Waals surface area contributed by atoms with Gasteiger partial charge < -0.3 is 15.7 Å². The molecule has 0 aromatic carbocycles. The van der Waals surface area contributed by atoms with Crippen molar-refractivity contribution < 1.29 is 9.90 Å². The predicted octanol–water partition coefficient (Wildman–Crippen LogP) is 1.82. The smallest absolute Gasteiger partial charge is 0.220 e. The maximum Gasteiger partial charge on any atom is 0.220 e. The fourth-order valence-corrected chi connectivity index (χ4v) is 3.06. The fourth-order valence-electron chi connectivity index (χ4n) is 2.36. The van der Waals surface area contributed by atoms with Crippen molar-refractivity contribution in [2.75, 3.05) is 13.1 Å². The molecule has 0 saturated carbocycles. The molecule has 3 N–H and O–H groups in total. The number of carbonyl (C=O) groups is 1. The number of nitrogens with one attached hydrogen (secondary N) is 2. The summed E-state index contributed by atoms with van der Waals surface area (Å²) in [7, 11) is 0. The number of aliphatic hydroxyl groups is 1. The lowest BCUT2D eigenvalue weighted by atomic mass is 10.0. The van der Waals surface area contributed by atoms with E-state index in [4.69, 9.17) is 0 Å². The third kappa shape index (κ3) is 4.93. The van der Waals surface area contributed by atoms with Crippen molar-refractivity contribution in [3.8, 4) is 0 Å². The van der Waals surface area contributed by atoms with E-state index in [0.717, 1.165) is 18.5 Å². The Hall–Kier alpha value is -0.910. The van der Waals surface area contributed by atoms with Crippen LogP contribution in [-0.4, -0.2) is 30.1 Å². The fraction of sp³-hybridized carbons (Fsp3) is 0.643. The third-order valence-corrected chi connectivity index (χ3v) is 4.25. The molecule has 1 aromatic rings. The molecule has 19 heavy (non-hydrogen) atoms. The van der Waals surface area contributed by atoms with Gasteiger partial charge in [0.15, 0.2) is 0 Å². The molecule has 0 aliphatic carbocycles. The van der Waals surface area contributed by atoms with Crippen molar-refractivity contribution in [2.24, 2.45) is 0 Å². The molecule has 2 rings (SSSR count). The van der Waals surface area contributed by atoms with Crippen LogP contribution in [0.2, 0.25) is 0 Å². The van der Waals surface area contributed by atoms with E-state index in [1.165, 1.54) is 19.3 Å². The highest BCUT2D eigenvalue weighted by atomic mass is 32.1. The van der Waals surface area contributed by atoms with E-state index in [1.807, 2.05) is 16.8 Å². The van der Waals surface area contributed by atoms with Crippen LogP contribution < -0.4 is 10.6 Å². The van der Waals surface area contributed by atoms with Crippen LogP contribution in [-0.2, 0) is 4.79 Å². The quantitative estimate of drug-likeness (QED) is 0.746. The molecule has 1 fully saturated rings. The van der Waals surface area contributed by atoms with Gasteiger partial charge in [0, 0.05) is 19.0 Å². The first-order valence-electron chi connectivity index (χ1n) is 6.96. The zero-order valence-corrected chi connectivity index (χ0v) is 11.9. The van der Waals surface area contributed by atoms with Crippen LogP contribution in [0, 0.1) is 0 Å². The summed E-state index contributed by atoms with van der Waals surface area (Å²) in [4.78, 5) is 11.7. The van der Waals surface area contributed by atoms with Crippen LogP contribution in [0.25, 0.3) is 0 Å². The molecular formula is C14H22N2O2S. The average Bonchev–Trinajstić information content (AvgIpc) is 2.98. The first-order valence-corrected chi connectivity index (χ1v) is 7.90. The number of carbonyl (C=O) groups excluding carboxylic acids is 1. The number of amides is 1. The van der Waals surface area contributed by atoms with Crippen molar-refractivity contribution in [1.82, 2.24) is 10.6 Å². The van der Waals surface area contributed by atoms with Gasteiger partial charge in [-0.3, -0.25) is 4.79 Å². The van der Waals surface area contributed by atoms with Gasteiger partial charge in [-0.2, -0.15) is 11.3 Å². The monoisotopic (exact) mass is 282 g/mol. The second-order valence-corrected chi connectivity index (χ2v) is 5.84. The Kier molecular flexibility index (Phi) is 5.82. The van der Waals surface area contributed by atoms with E-state index >= 15 is 0 Å². The molecule has 106 valence electrons. The van der Waals surface area contributed by atoms with Gasteiger partial charge in [-0.1, -0.05) is 6.42 Å². The first kappa shape index (κ1) is 14.5. The summed E-state index contributed by atoms with van der Waals surface area (Å²) in [5.41, 5.74) is 0.874. The number of piperidine rings is 1. The van der Waals surface area contributed by atoms with Gasteiger partial charge in [-0.25, -0.2) is 0 Å². The van der Waals surface area contributed by atoms with E-state index in [1.54, 1.807) is 11.3 Å². The van der Waals surface area contributed by atoms with E-state index in [2.05, 4.69) is 10.6 Å². The number of aliphatic hydroxyl groups excluding tert-OH is 1. The summed E-state index contributed by atoms with van der Waals surface area (Å²) in [5, 5.41) is 19.9. The highest BCUT2D eigenvalue weighted by molar-refractivity contribution is 7.07. The van der Waals surface area contributed by atoms with E-state index in [-0.39, 0.29) is 5.91 Å². The van der Waals surface area contributed by atoms with Gasteiger partial charge in [-0.15, -0.1) is 0 Å². The van der Waals surface area contributed by atoms with Crippen LogP contribution in [0.3, 0.4) is 0 Å². The Morgan fingerprint density at radius 1 is 1.58 bits per heavy atom. The number of thiophene rings is 1. The van der Waals surface area contributed by atoms with Gasteiger partial charge in [0.25, 0.3) is 0 Å². The second kappa shape index (κ2) is 7.62. The Bertz CT molecular complexity index is 375. The summed E-state index contributed by atoms with van der Waals surface area (Å²) in [6.45, 7) is 1.37. The van der Waals surface area contributed by atoms with Crippen LogP contribution in [0.1, 0.15) is 43.8 Å². The molecule has 1 aromatic heterocycles. The number of rotatable bonds is 6. The third-order valence-electron chi connectivity index (χ3n) is 3.55. The summed E-state index contributed by atoms with van der Waals surface area (Å²) in [6.07, 6.45) is 4.51. The van der Waals surface area contributed by atoms with Crippen molar-refractivity contribution >= 4 is 17.2 Å². The Morgan fingerprint density at radius 2 is 2.47 bits per heavy atom. The largest absolute Gasteiger partial charge is 0.387 e. The minimum absolute atomic E-state index is 0.0293. The average molecular weight is 282 g/mol. The van der Waals surface area contributed by atoms with Crippen molar-refractivity contribution in [2.45, 2.75) is 44.2 Å². The Morgan fingerprint density at radius 3 is 3.16 bits per heavy atom. The Labute approximate surface area is 118 Å². The molecule has 0 bridgehead atoms. The molecule has 0 spiro atoms. The standard InChI is InChI=1S/C14H22N2O2S/c17-13(11-6-8-19-10-11)9-16-14(18)5-4-12-3-1-2-7-15-12/h6,8,10,12-13,15,17H,1-5,7,9H2,(H,16,18). The van der Waals surface area contributed by atoms with Gasteiger partial charge >= 0.3 is 0 Å². The lowest BCUT2D eigenvalue weighted by Gasteiger charge is -2.23. The normalized spacial score (nSPS) is 21.0.